The number of rotatable bonds is 6. The van der Waals surface area contributed by atoms with E-state index in [0.717, 1.165) is 32.7 Å². The SMILES string of the molecule is CCOC(=O)c1nnn(-c2nonc2N)c1CN1CCN(CC)CC1. The van der Waals surface area contributed by atoms with Crippen molar-refractivity contribution in [2.45, 2.75) is 20.4 Å². The molecule has 2 N–H and O–H groups in total. The molecule has 11 heteroatoms. The second-order valence-electron chi connectivity index (χ2n) is 5.70. The van der Waals surface area contributed by atoms with Crippen molar-refractivity contribution in [2.24, 2.45) is 0 Å². The van der Waals surface area contributed by atoms with E-state index in [0.29, 0.717) is 12.2 Å². The number of nitrogens with zero attached hydrogens (tertiary/aromatic N) is 7. The van der Waals surface area contributed by atoms with E-state index < -0.39 is 5.97 Å². The van der Waals surface area contributed by atoms with Crippen LogP contribution in [0.1, 0.15) is 30.0 Å². The quantitative estimate of drug-likeness (QED) is 0.684. The van der Waals surface area contributed by atoms with Gasteiger partial charge in [-0.05, 0) is 23.8 Å². The summed E-state index contributed by atoms with van der Waals surface area (Å²) >= 11 is 0. The van der Waals surface area contributed by atoms with Crippen LogP contribution in [0, 0.1) is 0 Å². The first-order valence-electron chi connectivity index (χ1n) is 8.28. The van der Waals surface area contributed by atoms with Gasteiger partial charge in [-0.25, -0.2) is 9.42 Å². The molecule has 0 amide bonds. The Labute approximate surface area is 144 Å². The minimum atomic E-state index is -0.522. The molecule has 0 spiro atoms. The fourth-order valence-corrected chi connectivity index (χ4v) is 2.78. The number of esters is 1. The Balaban J connectivity index is 1.88. The van der Waals surface area contributed by atoms with E-state index in [2.05, 4.69) is 42.0 Å². The van der Waals surface area contributed by atoms with Gasteiger partial charge in [-0.2, -0.15) is 4.68 Å². The van der Waals surface area contributed by atoms with Crippen LogP contribution in [0.2, 0.25) is 0 Å². The van der Waals surface area contributed by atoms with Gasteiger partial charge in [0.15, 0.2) is 5.69 Å². The number of carbonyl (C=O) groups excluding carboxylic acids is 1. The van der Waals surface area contributed by atoms with E-state index in [-0.39, 0.29) is 23.9 Å². The largest absolute Gasteiger partial charge is 0.461 e. The molecule has 0 unspecified atom stereocenters. The van der Waals surface area contributed by atoms with Crippen molar-refractivity contribution < 1.29 is 14.2 Å². The molecule has 0 aliphatic carbocycles. The maximum Gasteiger partial charge on any atom is 0.360 e. The Morgan fingerprint density at radius 3 is 2.52 bits per heavy atom. The molecule has 136 valence electrons. The Morgan fingerprint density at radius 2 is 1.92 bits per heavy atom. The monoisotopic (exact) mass is 350 g/mol. The smallest absolute Gasteiger partial charge is 0.360 e. The molecular formula is C14H22N8O3. The van der Waals surface area contributed by atoms with Crippen LogP contribution in [-0.4, -0.2) is 80.4 Å². The number of hydrogen-bond donors (Lipinski definition) is 1. The Hall–Kier alpha value is -2.53. The topological polar surface area (TPSA) is 128 Å². The zero-order valence-electron chi connectivity index (χ0n) is 14.4. The normalized spacial score (nSPS) is 16.2. The van der Waals surface area contributed by atoms with Gasteiger partial charge in [0, 0.05) is 32.7 Å². The maximum atomic E-state index is 12.2. The summed E-state index contributed by atoms with van der Waals surface area (Å²) in [6.07, 6.45) is 0. The zero-order valence-corrected chi connectivity index (χ0v) is 14.4. The van der Waals surface area contributed by atoms with Crippen molar-refractivity contribution in [3.05, 3.63) is 11.4 Å². The summed E-state index contributed by atoms with van der Waals surface area (Å²) in [5, 5.41) is 15.3. The van der Waals surface area contributed by atoms with Crippen molar-refractivity contribution in [1.29, 1.82) is 0 Å². The fourth-order valence-electron chi connectivity index (χ4n) is 2.78. The van der Waals surface area contributed by atoms with E-state index in [9.17, 15) is 4.79 Å². The molecule has 1 aliphatic rings. The van der Waals surface area contributed by atoms with Crippen molar-refractivity contribution in [3.8, 4) is 5.82 Å². The molecular weight excluding hydrogens is 328 g/mol. The Morgan fingerprint density at radius 1 is 1.20 bits per heavy atom. The molecule has 0 bridgehead atoms. The van der Waals surface area contributed by atoms with Gasteiger partial charge < -0.3 is 15.4 Å². The van der Waals surface area contributed by atoms with Crippen LogP contribution in [0.15, 0.2) is 4.63 Å². The average Bonchev–Trinajstić information content (AvgIpc) is 3.21. The van der Waals surface area contributed by atoms with Gasteiger partial charge in [-0.15, -0.1) is 5.10 Å². The lowest BCUT2D eigenvalue weighted by molar-refractivity contribution is 0.0515. The van der Waals surface area contributed by atoms with Crippen molar-refractivity contribution in [1.82, 2.24) is 35.1 Å². The van der Waals surface area contributed by atoms with Gasteiger partial charge in [0.2, 0.25) is 11.6 Å². The van der Waals surface area contributed by atoms with Crippen LogP contribution < -0.4 is 5.73 Å². The molecule has 0 aromatic carbocycles. The first-order chi connectivity index (χ1) is 12.1. The molecule has 2 aromatic rings. The molecule has 0 radical (unpaired) electrons. The van der Waals surface area contributed by atoms with E-state index in [1.165, 1.54) is 4.68 Å². The predicted octanol–water partition coefficient (Wildman–Crippen LogP) is -0.453. The number of nitrogen functional groups attached to an aromatic ring is 1. The first kappa shape index (κ1) is 17.3. The molecule has 1 saturated heterocycles. The number of ether oxygens (including phenoxy) is 1. The standard InChI is InChI=1S/C14H22N8O3/c1-3-20-5-7-21(8-6-20)9-10-11(14(23)24-4-2)16-19-22(10)13-12(15)17-25-18-13/h3-9H2,1-2H3,(H2,15,17). The van der Waals surface area contributed by atoms with Gasteiger partial charge in [-0.3, -0.25) is 4.90 Å². The van der Waals surface area contributed by atoms with Crippen LogP contribution in [0.4, 0.5) is 5.82 Å². The molecule has 2 aromatic heterocycles. The van der Waals surface area contributed by atoms with Crippen molar-refractivity contribution >= 4 is 11.8 Å². The Bertz CT molecular complexity index is 719. The van der Waals surface area contributed by atoms with Crippen LogP contribution in [0.5, 0.6) is 0 Å². The highest BCUT2D eigenvalue weighted by Gasteiger charge is 2.27. The fraction of sp³-hybridized carbons (Fsp3) is 0.643. The van der Waals surface area contributed by atoms with E-state index in [1.807, 2.05) is 0 Å². The third-order valence-electron chi connectivity index (χ3n) is 4.21. The zero-order chi connectivity index (χ0) is 17.8. The first-order valence-corrected chi connectivity index (χ1v) is 8.28. The maximum absolute atomic E-state index is 12.2. The van der Waals surface area contributed by atoms with Gasteiger partial charge in [0.25, 0.3) is 0 Å². The molecule has 11 nitrogen and oxygen atoms in total. The third kappa shape index (κ3) is 3.61. The number of hydrogen-bond acceptors (Lipinski definition) is 10. The number of carbonyl (C=O) groups is 1. The van der Waals surface area contributed by atoms with Crippen LogP contribution in [-0.2, 0) is 11.3 Å². The molecule has 0 atom stereocenters. The van der Waals surface area contributed by atoms with Crippen molar-refractivity contribution in [3.63, 3.8) is 0 Å². The predicted molar refractivity (Wildman–Crippen MR) is 87.0 cm³/mol. The highest BCUT2D eigenvalue weighted by atomic mass is 16.6. The van der Waals surface area contributed by atoms with Gasteiger partial charge >= 0.3 is 5.97 Å². The lowest BCUT2D eigenvalue weighted by Crippen LogP contribution is -2.46. The second kappa shape index (κ2) is 7.57. The summed E-state index contributed by atoms with van der Waals surface area (Å²) in [7, 11) is 0. The summed E-state index contributed by atoms with van der Waals surface area (Å²) in [6.45, 7) is 9.36. The molecule has 3 rings (SSSR count). The summed E-state index contributed by atoms with van der Waals surface area (Å²) in [6, 6.07) is 0. The Kier molecular flexibility index (Phi) is 5.24. The minimum absolute atomic E-state index is 0.0809. The third-order valence-corrected chi connectivity index (χ3v) is 4.21. The summed E-state index contributed by atoms with van der Waals surface area (Å²) < 4.78 is 11.1. The number of anilines is 1. The molecule has 25 heavy (non-hydrogen) atoms. The minimum Gasteiger partial charge on any atom is -0.461 e. The second-order valence-corrected chi connectivity index (χ2v) is 5.70. The molecule has 0 saturated carbocycles. The molecule has 1 aliphatic heterocycles. The molecule has 1 fully saturated rings. The van der Waals surface area contributed by atoms with Crippen LogP contribution >= 0.6 is 0 Å². The van der Waals surface area contributed by atoms with Gasteiger partial charge in [0.05, 0.1) is 12.3 Å². The van der Waals surface area contributed by atoms with Crippen molar-refractivity contribution in [2.75, 3.05) is 45.1 Å². The molecule has 3 heterocycles. The number of nitrogens with two attached hydrogens (primary N) is 1. The van der Waals surface area contributed by atoms with Gasteiger partial charge in [-0.1, -0.05) is 12.1 Å². The summed E-state index contributed by atoms with van der Waals surface area (Å²) in [5.41, 5.74) is 6.48. The van der Waals surface area contributed by atoms with Crippen LogP contribution in [0.25, 0.3) is 5.82 Å². The number of piperazine rings is 1. The summed E-state index contributed by atoms with van der Waals surface area (Å²) in [5.74, 6) is -0.228. The number of likely N-dealkylation sites (N-methyl/N-ethyl adjacent to an activating group) is 1. The van der Waals surface area contributed by atoms with E-state index in [1.54, 1.807) is 6.92 Å². The lowest BCUT2D eigenvalue weighted by atomic mass is 10.2. The van der Waals surface area contributed by atoms with Crippen LogP contribution in [0.3, 0.4) is 0 Å². The summed E-state index contributed by atoms with van der Waals surface area (Å²) in [4.78, 5) is 16.8. The average molecular weight is 350 g/mol. The van der Waals surface area contributed by atoms with Gasteiger partial charge in [0.1, 0.15) is 0 Å². The van der Waals surface area contributed by atoms with E-state index >= 15 is 0 Å². The highest BCUT2D eigenvalue weighted by molar-refractivity contribution is 5.88. The highest BCUT2D eigenvalue weighted by Crippen LogP contribution is 2.19. The number of aromatic nitrogens is 5. The van der Waals surface area contributed by atoms with E-state index in [4.69, 9.17) is 10.5 Å². The lowest BCUT2D eigenvalue weighted by Gasteiger charge is -2.33.